The number of carbonyl (C=O) groups excluding carboxylic acids is 2. The van der Waals surface area contributed by atoms with Crippen LogP contribution in [0.5, 0.6) is 0 Å². The molecule has 1 aromatic carbocycles. The van der Waals surface area contributed by atoms with Crippen molar-refractivity contribution in [3.05, 3.63) is 53.7 Å². The van der Waals surface area contributed by atoms with Gasteiger partial charge in [-0.15, -0.1) is 0 Å². The van der Waals surface area contributed by atoms with Crippen LogP contribution in [0.1, 0.15) is 22.3 Å². The Morgan fingerprint density at radius 1 is 1.21 bits per heavy atom. The Morgan fingerprint density at radius 2 is 1.91 bits per heavy atom. The van der Waals surface area contributed by atoms with Gasteiger partial charge in [-0.25, -0.2) is 18.2 Å². The molecule has 11 heteroatoms. The second-order valence-electron chi connectivity index (χ2n) is 7.49. The molecule has 2 heterocycles. The quantitative estimate of drug-likeness (QED) is 0.539. The number of amides is 1. The number of anilines is 1. The maximum absolute atomic E-state index is 13.2. The van der Waals surface area contributed by atoms with Gasteiger partial charge in [0.25, 0.3) is 0 Å². The van der Waals surface area contributed by atoms with Gasteiger partial charge in [-0.2, -0.15) is 4.31 Å². The molecule has 0 atom stereocenters. The van der Waals surface area contributed by atoms with Crippen molar-refractivity contribution in [3.63, 3.8) is 0 Å². The molecule has 0 spiro atoms. The molecule has 0 radical (unpaired) electrons. The summed E-state index contributed by atoms with van der Waals surface area (Å²) in [4.78, 5) is 30.1. The molecule has 1 fully saturated rings. The largest absolute Gasteiger partial charge is 0.465 e. The van der Waals surface area contributed by atoms with Gasteiger partial charge in [0, 0.05) is 45.8 Å². The highest BCUT2D eigenvalue weighted by Gasteiger charge is 2.30. The fourth-order valence-corrected chi connectivity index (χ4v) is 4.91. The molecule has 0 aliphatic carbocycles. The van der Waals surface area contributed by atoms with Gasteiger partial charge in [-0.05, 0) is 11.6 Å². The molecule has 33 heavy (non-hydrogen) atoms. The Morgan fingerprint density at radius 3 is 2.58 bits per heavy atom. The van der Waals surface area contributed by atoms with Crippen molar-refractivity contribution in [2.75, 3.05) is 52.3 Å². The summed E-state index contributed by atoms with van der Waals surface area (Å²) in [7, 11) is -1.01. The van der Waals surface area contributed by atoms with E-state index >= 15 is 0 Å². The fourth-order valence-electron chi connectivity index (χ4n) is 3.35. The average Bonchev–Trinajstić information content (AvgIpc) is 2.84. The third-order valence-electron chi connectivity index (χ3n) is 5.18. The number of nitrogens with one attached hydrogen (secondary N) is 1. The van der Waals surface area contributed by atoms with Crippen LogP contribution in [0.4, 0.5) is 5.82 Å². The zero-order chi connectivity index (χ0) is 23.8. The third kappa shape index (κ3) is 6.28. The summed E-state index contributed by atoms with van der Waals surface area (Å²) in [5.41, 5.74) is 1.04. The minimum absolute atomic E-state index is 0.0218. The summed E-state index contributed by atoms with van der Waals surface area (Å²) in [6.07, 6.45) is 1.39. The van der Waals surface area contributed by atoms with E-state index in [4.69, 9.17) is 9.47 Å². The molecule has 1 N–H and O–H groups in total. The topological polar surface area (TPSA) is 118 Å². The van der Waals surface area contributed by atoms with Crippen molar-refractivity contribution in [1.82, 2.24) is 14.2 Å². The summed E-state index contributed by atoms with van der Waals surface area (Å²) in [6.45, 7) is 1.62. The number of hydrogen-bond acceptors (Lipinski definition) is 8. The van der Waals surface area contributed by atoms with Crippen molar-refractivity contribution in [1.29, 1.82) is 0 Å². The summed E-state index contributed by atoms with van der Waals surface area (Å²) in [5.74, 6) is -0.715. The standard InChI is InChI=1S/C22H28N4O6S/c1-25(16-17-6-4-3-5-7-17)20(27)8-9-23-21-19(14-18(15-24-21)22(28)31-2)33(29,30)26-10-12-32-13-11-26/h3-7,14-15H,8-13,16H2,1-2H3,(H,23,24). The number of rotatable bonds is 9. The van der Waals surface area contributed by atoms with Crippen molar-refractivity contribution < 1.29 is 27.5 Å². The van der Waals surface area contributed by atoms with Crippen LogP contribution >= 0.6 is 0 Å². The predicted octanol–water partition coefficient (Wildman–Crippen LogP) is 1.35. The molecule has 1 aliphatic rings. The van der Waals surface area contributed by atoms with Gasteiger partial charge >= 0.3 is 5.97 Å². The highest BCUT2D eigenvalue weighted by Crippen LogP contribution is 2.25. The molecule has 0 bridgehead atoms. The van der Waals surface area contributed by atoms with Gasteiger partial charge < -0.3 is 19.7 Å². The van der Waals surface area contributed by atoms with E-state index in [0.717, 1.165) is 5.56 Å². The number of sulfonamides is 1. The normalized spacial score (nSPS) is 14.5. The van der Waals surface area contributed by atoms with E-state index in [1.807, 2.05) is 30.3 Å². The van der Waals surface area contributed by atoms with Crippen LogP contribution in [0, 0.1) is 0 Å². The van der Waals surface area contributed by atoms with Gasteiger partial charge in [-0.1, -0.05) is 30.3 Å². The number of aromatic nitrogens is 1. The van der Waals surface area contributed by atoms with Crippen LogP contribution < -0.4 is 5.32 Å². The monoisotopic (exact) mass is 476 g/mol. The number of nitrogens with zero attached hydrogens (tertiary/aromatic N) is 3. The lowest BCUT2D eigenvalue weighted by Crippen LogP contribution is -2.41. The Kier molecular flexibility index (Phi) is 8.37. The summed E-state index contributed by atoms with van der Waals surface area (Å²) < 4.78 is 37.7. The first kappa shape index (κ1) is 24.6. The van der Waals surface area contributed by atoms with Crippen LogP contribution in [0.3, 0.4) is 0 Å². The van der Waals surface area contributed by atoms with Crippen molar-refractivity contribution in [3.8, 4) is 0 Å². The van der Waals surface area contributed by atoms with Crippen molar-refractivity contribution in [2.24, 2.45) is 0 Å². The number of methoxy groups -OCH3 is 1. The number of morpholine rings is 1. The summed E-state index contributed by atoms with van der Waals surface area (Å²) in [6, 6.07) is 10.9. The molecule has 178 valence electrons. The molecule has 2 aromatic rings. The fraction of sp³-hybridized carbons (Fsp3) is 0.409. The van der Waals surface area contributed by atoms with E-state index in [1.54, 1.807) is 11.9 Å². The molecule has 1 aliphatic heterocycles. The number of pyridine rings is 1. The molecule has 3 rings (SSSR count). The number of hydrogen-bond donors (Lipinski definition) is 1. The van der Waals surface area contributed by atoms with Crippen molar-refractivity contribution in [2.45, 2.75) is 17.9 Å². The van der Waals surface area contributed by atoms with Gasteiger partial charge in [0.15, 0.2) is 0 Å². The highest BCUT2D eigenvalue weighted by atomic mass is 32.2. The molecule has 1 saturated heterocycles. The van der Waals surface area contributed by atoms with Crippen LogP contribution in [-0.2, 0) is 30.8 Å². The first-order valence-corrected chi connectivity index (χ1v) is 11.9. The van der Waals surface area contributed by atoms with Crippen molar-refractivity contribution >= 4 is 27.7 Å². The lowest BCUT2D eigenvalue weighted by molar-refractivity contribution is -0.130. The van der Waals surface area contributed by atoms with Gasteiger partial charge in [0.1, 0.15) is 10.7 Å². The maximum atomic E-state index is 13.2. The van der Waals surface area contributed by atoms with Crippen LogP contribution in [0.2, 0.25) is 0 Å². The first-order chi connectivity index (χ1) is 15.8. The molecule has 1 aromatic heterocycles. The SMILES string of the molecule is COC(=O)c1cnc(NCCC(=O)N(C)Cc2ccccc2)c(S(=O)(=O)N2CCOCC2)c1. The highest BCUT2D eigenvalue weighted by molar-refractivity contribution is 7.89. The Labute approximate surface area is 193 Å². The Balaban J connectivity index is 1.72. The van der Waals surface area contributed by atoms with Crippen LogP contribution in [0.15, 0.2) is 47.5 Å². The number of carbonyl (C=O) groups is 2. The summed E-state index contributed by atoms with van der Waals surface area (Å²) >= 11 is 0. The van der Waals surface area contributed by atoms with Gasteiger partial charge in [0.2, 0.25) is 15.9 Å². The zero-order valence-electron chi connectivity index (χ0n) is 18.7. The summed E-state index contributed by atoms with van der Waals surface area (Å²) in [5, 5.41) is 2.94. The minimum atomic E-state index is -3.94. The van der Waals surface area contributed by atoms with Gasteiger partial charge in [-0.3, -0.25) is 4.79 Å². The molecular weight excluding hydrogens is 448 g/mol. The minimum Gasteiger partial charge on any atom is -0.465 e. The van der Waals surface area contributed by atoms with E-state index in [2.05, 4.69) is 10.3 Å². The van der Waals surface area contributed by atoms with E-state index in [0.29, 0.717) is 6.54 Å². The number of esters is 1. The zero-order valence-corrected chi connectivity index (χ0v) is 19.5. The first-order valence-electron chi connectivity index (χ1n) is 10.5. The second kappa shape index (κ2) is 11.2. The Bertz CT molecular complexity index is 1070. The van der Waals surface area contributed by atoms with Crippen LogP contribution in [0.25, 0.3) is 0 Å². The molecular formula is C22H28N4O6S. The average molecular weight is 477 g/mol. The van der Waals surface area contributed by atoms with E-state index in [-0.39, 0.29) is 61.5 Å². The van der Waals surface area contributed by atoms with E-state index in [1.165, 1.54) is 23.7 Å². The molecule has 0 unspecified atom stereocenters. The molecule has 1 amide bonds. The molecule has 10 nitrogen and oxygen atoms in total. The smallest absolute Gasteiger partial charge is 0.339 e. The van der Waals surface area contributed by atoms with E-state index in [9.17, 15) is 18.0 Å². The van der Waals surface area contributed by atoms with E-state index < -0.39 is 16.0 Å². The maximum Gasteiger partial charge on any atom is 0.339 e. The Hall–Kier alpha value is -3.02. The lowest BCUT2D eigenvalue weighted by atomic mass is 10.2. The second-order valence-corrected chi connectivity index (χ2v) is 9.40. The van der Waals surface area contributed by atoms with Gasteiger partial charge in [0.05, 0.1) is 25.9 Å². The number of benzene rings is 1. The number of ether oxygens (including phenoxy) is 2. The lowest BCUT2D eigenvalue weighted by Gasteiger charge is -2.27. The predicted molar refractivity (Wildman–Crippen MR) is 121 cm³/mol. The third-order valence-corrected chi connectivity index (χ3v) is 7.09. The molecule has 0 saturated carbocycles. The van der Waals surface area contributed by atoms with Crippen LogP contribution in [-0.4, -0.2) is 81.5 Å².